The zero-order valence-corrected chi connectivity index (χ0v) is 20.8. The minimum absolute atomic E-state index is 0.328. The monoisotopic (exact) mass is 515 g/mol. The second-order valence-corrected chi connectivity index (χ2v) is 9.98. The highest BCUT2D eigenvalue weighted by atomic mass is 79.9. The Labute approximate surface area is 203 Å². The van der Waals surface area contributed by atoms with E-state index in [1.165, 1.54) is 32.4 Å². The number of anilines is 2. The van der Waals surface area contributed by atoms with Crippen molar-refractivity contribution in [2.45, 2.75) is 45.3 Å². The van der Waals surface area contributed by atoms with E-state index in [1.54, 1.807) is 29.2 Å². The number of aliphatic hydroxyl groups is 1. The number of carbonyl (C=O) groups excluding carboxylic acids is 2. The molecule has 3 amide bonds. The number of hydrogen-bond donors (Lipinski definition) is 4. The van der Waals surface area contributed by atoms with Crippen LogP contribution in [0.2, 0.25) is 0 Å². The largest absolute Gasteiger partial charge is 0.359 e. The first kappa shape index (κ1) is 23.7. The highest BCUT2D eigenvalue weighted by Gasteiger charge is 2.52. The Balaban J connectivity index is 1.62. The highest BCUT2D eigenvalue weighted by Crippen LogP contribution is 2.41. The summed E-state index contributed by atoms with van der Waals surface area (Å²) in [5, 5.41) is 17.6. The van der Waals surface area contributed by atoms with E-state index in [0.717, 1.165) is 29.0 Å². The van der Waals surface area contributed by atoms with Gasteiger partial charge in [0.1, 0.15) is 0 Å². The van der Waals surface area contributed by atoms with Crippen molar-refractivity contribution in [1.29, 1.82) is 0 Å². The molecule has 1 unspecified atom stereocenters. The minimum atomic E-state index is -2.18. The van der Waals surface area contributed by atoms with Crippen LogP contribution in [-0.4, -0.2) is 43.2 Å². The quantitative estimate of drug-likeness (QED) is 0.446. The van der Waals surface area contributed by atoms with Crippen LogP contribution in [0.1, 0.15) is 42.4 Å². The Kier molecular flexibility index (Phi) is 7.07. The molecule has 33 heavy (non-hydrogen) atoms. The molecule has 4 N–H and O–H groups in total. The Morgan fingerprint density at radius 2 is 1.91 bits per heavy atom. The van der Waals surface area contributed by atoms with Crippen LogP contribution in [-0.2, 0) is 10.5 Å². The van der Waals surface area contributed by atoms with Gasteiger partial charge in [0, 0.05) is 28.7 Å². The van der Waals surface area contributed by atoms with Gasteiger partial charge in [-0.25, -0.2) is 4.79 Å². The summed E-state index contributed by atoms with van der Waals surface area (Å²) in [5.74, 6) is -0.608. The lowest BCUT2D eigenvalue weighted by Crippen LogP contribution is -3.12. The first-order valence-corrected chi connectivity index (χ1v) is 12.4. The van der Waals surface area contributed by atoms with Gasteiger partial charge in [-0.15, -0.1) is 0 Å². The van der Waals surface area contributed by atoms with E-state index >= 15 is 0 Å². The number of amides is 3. The Hall–Kier alpha value is -2.42. The zero-order valence-electron chi connectivity index (χ0n) is 19.2. The fourth-order valence-corrected chi connectivity index (χ4v) is 5.07. The number of nitrogens with one attached hydrogen (secondary N) is 3. The molecule has 8 heteroatoms. The molecule has 2 aromatic rings. The summed E-state index contributed by atoms with van der Waals surface area (Å²) in [6.45, 7) is 7.71. The number of urea groups is 1. The van der Waals surface area contributed by atoms with Crippen molar-refractivity contribution >= 4 is 39.2 Å². The third-order valence-corrected chi connectivity index (χ3v) is 7.24. The molecule has 1 fully saturated rings. The van der Waals surface area contributed by atoms with Crippen molar-refractivity contribution < 1.29 is 19.6 Å². The molecule has 0 radical (unpaired) electrons. The maximum Gasteiger partial charge on any atom is 0.329 e. The summed E-state index contributed by atoms with van der Waals surface area (Å²) in [5.41, 5.74) is 1.05. The van der Waals surface area contributed by atoms with Gasteiger partial charge >= 0.3 is 6.03 Å². The molecule has 0 bridgehead atoms. The average molecular weight is 516 g/mol. The van der Waals surface area contributed by atoms with Crippen LogP contribution in [0.15, 0.2) is 40.9 Å². The molecule has 0 aliphatic carbocycles. The molecule has 0 spiro atoms. The fourth-order valence-electron chi connectivity index (χ4n) is 4.71. The molecule has 2 aromatic carbocycles. The third kappa shape index (κ3) is 4.78. The van der Waals surface area contributed by atoms with Crippen molar-refractivity contribution in [2.24, 2.45) is 0 Å². The predicted molar refractivity (Wildman–Crippen MR) is 132 cm³/mol. The van der Waals surface area contributed by atoms with Gasteiger partial charge < -0.3 is 20.6 Å². The van der Waals surface area contributed by atoms with Crippen LogP contribution in [0.4, 0.5) is 16.2 Å². The lowest BCUT2D eigenvalue weighted by atomic mass is 9.94. The Morgan fingerprint density at radius 1 is 1.15 bits per heavy atom. The second kappa shape index (κ2) is 9.83. The van der Waals surface area contributed by atoms with Gasteiger partial charge in [-0.3, -0.25) is 9.69 Å². The fraction of sp³-hybridized carbons (Fsp3) is 0.440. The van der Waals surface area contributed by atoms with Crippen molar-refractivity contribution in [3.63, 3.8) is 0 Å². The molecule has 4 rings (SSSR count). The number of rotatable bonds is 6. The van der Waals surface area contributed by atoms with E-state index in [4.69, 9.17) is 0 Å². The minimum Gasteiger partial charge on any atom is -0.359 e. The number of halogens is 1. The van der Waals surface area contributed by atoms with Crippen LogP contribution in [0.3, 0.4) is 0 Å². The lowest BCUT2D eigenvalue weighted by Gasteiger charge is -2.43. The smallest absolute Gasteiger partial charge is 0.329 e. The summed E-state index contributed by atoms with van der Waals surface area (Å²) < 4.78 is 0.706. The van der Waals surface area contributed by atoms with Crippen LogP contribution in [0, 0.1) is 13.8 Å². The van der Waals surface area contributed by atoms with Crippen LogP contribution >= 0.6 is 15.9 Å². The standard InChI is InChI=1S/C25H31BrN4O3/c1-17-7-9-20(15-18(17)2)30-24(32)28-22-10-8-19(26)16-21(22)25(30,33)23(31)27-11-6-14-29-12-4-3-5-13-29/h7-10,15-16,33H,3-6,11-14H2,1-2H3,(H,27,31)(H,28,32)/p+1. The van der Waals surface area contributed by atoms with Crippen LogP contribution < -0.4 is 20.4 Å². The van der Waals surface area contributed by atoms with Crippen LogP contribution in [0.5, 0.6) is 0 Å². The predicted octanol–water partition coefficient (Wildman–Crippen LogP) is 2.84. The van der Waals surface area contributed by atoms with E-state index in [0.29, 0.717) is 28.0 Å². The van der Waals surface area contributed by atoms with Gasteiger partial charge in [-0.2, -0.15) is 0 Å². The molecular formula is C25H32BrN4O3+. The lowest BCUT2D eigenvalue weighted by molar-refractivity contribution is -0.905. The zero-order chi connectivity index (χ0) is 23.6. The summed E-state index contributed by atoms with van der Waals surface area (Å²) in [6, 6.07) is 10.0. The molecule has 2 heterocycles. The highest BCUT2D eigenvalue weighted by molar-refractivity contribution is 9.10. The second-order valence-electron chi connectivity index (χ2n) is 9.07. The molecule has 0 saturated carbocycles. The summed E-state index contributed by atoms with van der Waals surface area (Å²) >= 11 is 3.43. The number of piperidine rings is 1. The molecule has 1 saturated heterocycles. The first-order chi connectivity index (χ1) is 15.8. The SMILES string of the molecule is Cc1ccc(N2C(=O)Nc3ccc(Br)cc3C2(O)C(=O)NCCC[NH+]2CCCCC2)cc1C. The van der Waals surface area contributed by atoms with E-state index in [1.807, 2.05) is 26.0 Å². The Morgan fingerprint density at radius 3 is 2.64 bits per heavy atom. The number of aryl methyl sites for hydroxylation is 2. The van der Waals surface area contributed by atoms with E-state index in [9.17, 15) is 14.7 Å². The molecule has 1 atom stereocenters. The van der Waals surface area contributed by atoms with E-state index < -0.39 is 17.7 Å². The van der Waals surface area contributed by atoms with Gasteiger partial charge in [0.15, 0.2) is 0 Å². The normalized spacial score (nSPS) is 20.8. The van der Waals surface area contributed by atoms with Crippen molar-refractivity contribution in [1.82, 2.24) is 5.32 Å². The number of benzene rings is 2. The van der Waals surface area contributed by atoms with Crippen molar-refractivity contribution in [2.75, 3.05) is 36.4 Å². The maximum absolute atomic E-state index is 13.5. The van der Waals surface area contributed by atoms with Gasteiger partial charge in [-0.1, -0.05) is 22.0 Å². The molecule has 176 valence electrons. The van der Waals surface area contributed by atoms with Gasteiger partial charge in [0.25, 0.3) is 11.6 Å². The summed E-state index contributed by atoms with van der Waals surface area (Å²) in [4.78, 5) is 29.4. The number of nitrogens with zero attached hydrogens (tertiary/aromatic N) is 1. The summed E-state index contributed by atoms with van der Waals surface area (Å²) in [6.07, 6.45) is 4.64. The number of carbonyl (C=O) groups is 2. The number of hydrogen-bond acceptors (Lipinski definition) is 3. The topological polar surface area (TPSA) is 86.1 Å². The van der Waals surface area contributed by atoms with E-state index in [2.05, 4.69) is 26.6 Å². The van der Waals surface area contributed by atoms with Crippen molar-refractivity contribution in [3.05, 3.63) is 57.6 Å². The number of fused-ring (bicyclic) bond motifs is 1. The Bertz CT molecular complexity index is 1050. The molecule has 2 aliphatic heterocycles. The van der Waals surface area contributed by atoms with Gasteiger partial charge in [0.2, 0.25) is 0 Å². The first-order valence-electron chi connectivity index (χ1n) is 11.6. The summed E-state index contributed by atoms with van der Waals surface area (Å²) in [7, 11) is 0. The maximum atomic E-state index is 13.5. The average Bonchev–Trinajstić information content (AvgIpc) is 2.80. The van der Waals surface area contributed by atoms with Crippen molar-refractivity contribution in [3.8, 4) is 0 Å². The van der Waals surface area contributed by atoms with Gasteiger partial charge in [0.05, 0.1) is 25.3 Å². The molecular weight excluding hydrogens is 484 g/mol. The molecule has 0 aromatic heterocycles. The molecule has 7 nitrogen and oxygen atoms in total. The third-order valence-electron chi connectivity index (χ3n) is 6.74. The number of quaternary nitrogens is 1. The van der Waals surface area contributed by atoms with Crippen LogP contribution in [0.25, 0.3) is 0 Å². The van der Waals surface area contributed by atoms with Gasteiger partial charge in [-0.05, 0) is 74.6 Å². The molecule has 2 aliphatic rings. The number of likely N-dealkylation sites (tertiary alicyclic amines) is 1. The van der Waals surface area contributed by atoms with E-state index in [-0.39, 0.29) is 0 Å².